The molecule has 0 unspecified atom stereocenters. The molecule has 1 aliphatic carbocycles. The first-order valence-corrected chi connectivity index (χ1v) is 11.8. The van der Waals surface area contributed by atoms with E-state index in [1.165, 1.54) is 11.1 Å². The van der Waals surface area contributed by atoms with E-state index in [4.69, 9.17) is 9.84 Å². The van der Waals surface area contributed by atoms with E-state index in [9.17, 15) is 14.4 Å². The van der Waals surface area contributed by atoms with Crippen LogP contribution in [0.15, 0.2) is 72.8 Å². The van der Waals surface area contributed by atoms with Gasteiger partial charge in [-0.1, -0.05) is 48.5 Å². The molecule has 0 bridgehead atoms. The number of nitrogens with zero attached hydrogens (tertiary/aromatic N) is 1. The average molecular weight is 471 g/mol. The van der Waals surface area contributed by atoms with Gasteiger partial charge in [-0.2, -0.15) is 0 Å². The van der Waals surface area contributed by atoms with Gasteiger partial charge in [0, 0.05) is 30.3 Å². The van der Waals surface area contributed by atoms with Gasteiger partial charge in [0.1, 0.15) is 6.61 Å². The van der Waals surface area contributed by atoms with Crippen molar-refractivity contribution in [3.63, 3.8) is 0 Å². The first kappa shape index (κ1) is 22.7. The number of benzene rings is 3. The Morgan fingerprint density at radius 3 is 2.00 bits per heavy atom. The predicted molar refractivity (Wildman–Crippen MR) is 131 cm³/mol. The summed E-state index contributed by atoms with van der Waals surface area (Å²) in [6.45, 7) is 1.08. The van der Waals surface area contributed by atoms with Gasteiger partial charge in [-0.25, -0.2) is 4.79 Å². The Morgan fingerprint density at radius 2 is 1.43 bits per heavy atom. The third-order valence-electron chi connectivity index (χ3n) is 6.85. The van der Waals surface area contributed by atoms with E-state index in [1.807, 2.05) is 24.3 Å². The standard InChI is InChI=1S/C28H26N2O5/c31-26(30-15-13-19(14-16-30)27(32)33)18-9-11-20(12-10-18)29-28(34)35-17-25-23-7-3-1-5-21(23)22-6-2-4-8-24(22)25/h1-12,19,25H,13-17H2,(H,29,34)(H,32,33). The summed E-state index contributed by atoms with van der Waals surface area (Å²) in [7, 11) is 0. The third-order valence-corrected chi connectivity index (χ3v) is 6.85. The minimum atomic E-state index is -0.805. The van der Waals surface area contributed by atoms with Crippen LogP contribution in [-0.4, -0.2) is 47.7 Å². The second kappa shape index (κ2) is 9.62. The van der Waals surface area contributed by atoms with Crippen molar-refractivity contribution in [2.45, 2.75) is 18.8 Å². The van der Waals surface area contributed by atoms with Crippen molar-refractivity contribution in [3.8, 4) is 11.1 Å². The highest BCUT2D eigenvalue weighted by Gasteiger charge is 2.29. The van der Waals surface area contributed by atoms with Gasteiger partial charge in [0.25, 0.3) is 5.91 Å². The lowest BCUT2D eigenvalue weighted by atomic mass is 9.96. The Balaban J connectivity index is 1.17. The van der Waals surface area contributed by atoms with Crippen LogP contribution in [0.3, 0.4) is 0 Å². The first-order chi connectivity index (χ1) is 17.0. The molecule has 0 spiro atoms. The van der Waals surface area contributed by atoms with E-state index in [2.05, 4.69) is 29.6 Å². The van der Waals surface area contributed by atoms with Gasteiger partial charge in [-0.3, -0.25) is 14.9 Å². The minimum Gasteiger partial charge on any atom is -0.481 e. The number of amides is 2. The molecule has 0 saturated carbocycles. The Kier molecular flexibility index (Phi) is 6.23. The number of hydrogen-bond donors (Lipinski definition) is 2. The molecular weight excluding hydrogens is 444 g/mol. The van der Waals surface area contributed by atoms with E-state index in [-0.39, 0.29) is 24.3 Å². The van der Waals surface area contributed by atoms with Crippen molar-refractivity contribution in [2.24, 2.45) is 5.92 Å². The van der Waals surface area contributed by atoms with Crippen LogP contribution in [0.25, 0.3) is 11.1 Å². The normalized spacial score (nSPS) is 15.3. The van der Waals surface area contributed by atoms with Gasteiger partial charge >= 0.3 is 12.1 Å². The van der Waals surface area contributed by atoms with Gasteiger partial charge in [-0.05, 0) is 59.4 Å². The minimum absolute atomic E-state index is 0.0154. The summed E-state index contributed by atoms with van der Waals surface area (Å²) in [5, 5.41) is 11.8. The van der Waals surface area contributed by atoms with Crippen molar-refractivity contribution in [3.05, 3.63) is 89.5 Å². The van der Waals surface area contributed by atoms with E-state index in [0.717, 1.165) is 11.1 Å². The monoisotopic (exact) mass is 470 g/mol. The van der Waals surface area contributed by atoms with Crippen LogP contribution in [0.2, 0.25) is 0 Å². The summed E-state index contributed by atoms with van der Waals surface area (Å²) in [5.41, 5.74) is 5.67. The summed E-state index contributed by atoms with van der Waals surface area (Å²) in [4.78, 5) is 38.0. The number of rotatable bonds is 5. The van der Waals surface area contributed by atoms with Crippen LogP contribution in [0.4, 0.5) is 10.5 Å². The average Bonchev–Trinajstić information content (AvgIpc) is 3.21. The quantitative estimate of drug-likeness (QED) is 0.548. The number of carboxylic acid groups (broad SMARTS) is 1. The first-order valence-electron chi connectivity index (χ1n) is 11.8. The van der Waals surface area contributed by atoms with Gasteiger partial charge < -0.3 is 14.7 Å². The molecule has 0 atom stereocenters. The molecule has 35 heavy (non-hydrogen) atoms. The van der Waals surface area contributed by atoms with E-state index in [0.29, 0.717) is 37.2 Å². The summed E-state index contributed by atoms with van der Waals surface area (Å²) in [5.74, 6) is -1.34. The zero-order valence-corrected chi connectivity index (χ0v) is 19.1. The molecule has 3 aromatic rings. The lowest BCUT2D eigenvalue weighted by Crippen LogP contribution is -2.40. The maximum absolute atomic E-state index is 12.7. The Labute approximate surface area is 203 Å². The lowest BCUT2D eigenvalue weighted by Gasteiger charge is -2.30. The topological polar surface area (TPSA) is 95.9 Å². The number of hydrogen-bond acceptors (Lipinski definition) is 4. The van der Waals surface area contributed by atoms with Crippen molar-refractivity contribution in [2.75, 3.05) is 25.0 Å². The van der Waals surface area contributed by atoms with Crippen LogP contribution >= 0.6 is 0 Å². The smallest absolute Gasteiger partial charge is 0.411 e. The molecule has 1 aliphatic heterocycles. The molecular formula is C28H26N2O5. The second-order valence-corrected chi connectivity index (χ2v) is 8.93. The van der Waals surface area contributed by atoms with Gasteiger partial charge in [0.2, 0.25) is 0 Å². The van der Waals surface area contributed by atoms with Crippen molar-refractivity contribution in [1.82, 2.24) is 4.90 Å². The highest BCUT2D eigenvalue weighted by Crippen LogP contribution is 2.44. The van der Waals surface area contributed by atoms with Crippen LogP contribution in [0.1, 0.15) is 40.2 Å². The Hall–Kier alpha value is -4.13. The number of aliphatic carboxylic acids is 1. The fourth-order valence-corrected chi connectivity index (χ4v) is 4.96. The SMILES string of the molecule is O=C(Nc1ccc(C(=O)N2CCC(C(=O)O)CC2)cc1)OCC1c2ccccc2-c2ccccc21. The van der Waals surface area contributed by atoms with Gasteiger partial charge in [-0.15, -0.1) is 0 Å². The molecule has 0 radical (unpaired) electrons. The number of ether oxygens (including phenoxy) is 1. The van der Waals surface area contributed by atoms with Gasteiger partial charge in [0.15, 0.2) is 0 Å². The highest BCUT2D eigenvalue weighted by molar-refractivity contribution is 5.95. The molecule has 2 amide bonds. The van der Waals surface area contributed by atoms with Crippen molar-refractivity contribution >= 4 is 23.7 Å². The summed E-state index contributed by atoms with van der Waals surface area (Å²) < 4.78 is 5.57. The van der Waals surface area contributed by atoms with Crippen molar-refractivity contribution < 1.29 is 24.2 Å². The van der Waals surface area contributed by atoms with Crippen LogP contribution in [-0.2, 0) is 9.53 Å². The molecule has 2 N–H and O–H groups in total. The number of carboxylic acids is 1. The highest BCUT2D eigenvalue weighted by atomic mass is 16.5. The van der Waals surface area contributed by atoms with Crippen molar-refractivity contribution in [1.29, 1.82) is 0 Å². The predicted octanol–water partition coefficient (Wildman–Crippen LogP) is 4.98. The fourth-order valence-electron chi connectivity index (χ4n) is 4.96. The zero-order valence-electron chi connectivity index (χ0n) is 19.1. The number of likely N-dealkylation sites (tertiary alicyclic amines) is 1. The second-order valence-electron chi connectivity index (χ2n) is 8.93. The Bertz CT molecular complexity index is 1220. The number of piperidine rings is 1. The molecule has 1 heterocycles. The molecule has 1 saturated heterocycles. The van der Waals surface area contributed by atoms with Crippen LogP contribution < -0.4 is 5.32 Å². The van der Waals surface area contributed by atoms with Gasteiger partial charge in [0.05, 0.1) is 5.92 Å². The number of fused-ring (bicyclic) bond motifs is 3. The number of nitrogens with one attached hydrogen (secondary N) is 1. The maximum Gasteiger partial charge on any atom is 0.411 e. The zero-order chi connectivity index (χ0) is 24.4. The molecule has 7 nitrogen and oxygen atoms in total. The number of anilines is 1. The molecule has 3 aromatic carbocycles. The largest absolute Gasteiger partial charge is 0.481 e. The lowest BCUT2D eigenvalue weighted by molar-refractivity contribution is -0.143. The fraction of sp³-hybridized carbons (Fsp3) is 0.250. The molecule has 1 fully saturated rings. The van der Waals surface area contributed by atoms with E-state index >= 15 is 0 Å². The summed E-state index contributed by atoms with van der Waals surface area (Å²) in [6, 6.07) is 23.0. The van der Waals surface area contributed by atoms with Crippen LogP contribution in [0.5, 0.6) is 0 Å². The molecule has 7 heteroatoms. The molecule has 2 aliphatic rings. The van der Waals surface area contributed by atoms with E-state index in [1.54, 1.807) is 29.2 Å². The van der Waals surface area contributed by atoms with E-state index < -0.39 is 12.1 Å². The Morgan fingerprint density at radius 1 is 0.857 bits per heavy atom. The van der Waals surface area contributed by atoms with Crippen LogP contribution in [0, 0.1) is 5.92 Å². The summed E-state index contributed by atoms with van der Waals surface area (Å²) >= 11 is 0. The molecule has 5 rings (SSSR count). The third kappa shape index (κ3) is 4.62. The molecule has 178 valence electrons. The maximum atomic E-state index is 12.7. The molecule has 0 aromatic heterocycles. The number of carbonyl (C=O) groups is 3. The summed E-state index contributed by atoms with van der Waals surface area (Å²) in [6.07, 6.45) is 0.368. The number of carbonyl (C=O) groups excluding carboxylic acids is 2.